The van der Waals surface area contributed by atoms with Gasteiger partial charge in [0.2, 0.25) is 0 Å². The average Bonchev–Trinajstić information content (AvgIpc) is 3.11. The minimum Gasteiger partial charge on any atom is -0.397 e. The maximum atomic E-state index is 13.4. The molecule has 132 valence electrons. The first-order chi connectivity index (χ1) is 12.6. The number of anilines is 2. The molecular weight excluding hydrogens is 353 g/mol. The molecule has 0 bridgehead atoms. The van der Waals surface area contributed by atoms with Crippen LogP contribution in [-0.2, 0) is 11.4 Å². The molecule has 2 aromatic carbocycles. The van der Waals surface area contributed by atoms with E-state index in [1.54, 1.807) is 54.6 Å². The first-order valence-corrected chi connectivity index (χ1v) is 8.59. The van der Waals surface area contributed by atoms with E-state index in [0.717, 1.165) is 4.88 Å². The Morgan fingerprint density at radius 3 is 2.73 bits per heavy atom. The fourth-order valence-electron chi connectivity index (χ4n) is 2.15. The van der Waals surface area contributed by atoms with Crippen LogP contribution in [0.1, 0.15) is 20.1 Å². The monoisotopic (exact) mass is 369 g/mol. The Morgan fingerprint density at radius 1 is 1.15 bits per heavy atom. The molecule has 0 radical (unpaired) electrons. The second-order valence-electron chi connectivity index (χ2n) is 5.34. The van der Waals surface area contributed by atoms with Gasteiger partial charge in [0, 0.05) is 10.4 Å². The standard InChI is InChI=1S/C19H16FN3O2S/c20-15-6-2-1-5-13(15)11-22-25-12-14-9-10-18(26-14)19(24)23-17-8-4-3-7-16(17)21/h1-11H,12,21H2,(H,23,24). The van der Waals surface area contributed by atoms with Gasteiger partial charge in [0.25, 0.3) is 5.91 Å². The van der Waals surface area contributed by atoms with E-state index >= 15 is 0 Å². The van der Waals surface area contributed by atoms with Crippen LogP contribution < -0.4 is 11.1 Å². The number of rotatable bonds is 6. The molecule has 0 unspecified atom stereocenters. The number of hydrogen-bond acceptors (Lipinski definition) is 5. The lowest BCUT2D eigenvalue weighted by Crippen LogP contribution is -2.11. The van der Waals surface area contributed by atoms with Crippen molar-refractivity contribution in [3.8, 4) is 0 Å². The Bertz CT molecular complexity index is 940. The number of nitrogens with one attached hydrogen (secondary N) is 1. The molecule has 0 aliphatic rings. The minimum atomic E-state index is -0.366. The van der Waals surface area contributed by atoms with Crippen molar-refractivity contribution in [1.29, 1.82) is 0 Å². The van der Waals surface area contributed by atoms with Crippen LogP contribution in [0, 0.1) is 5.82 Å². The van der Waals surface area contributed by atoms with Gasteiger partial charge < -0.3 is 15.9 Å². The topological polar surface area (TPSA) is 76.7 Å². The third-order valence-electron chi connectivity index (χ3n) is 3.47. The highest BCUT2D eigenvalue weighted by molar-refractivity contribution is 7.14. The summed E-state index contributed by atoms with van der Waals surface area (Å²) in [6.07, 6.45) is 1.31. The number of thiophene rings is 1. The molecule has 5 nitrogen and oxygen atoms in total. The molecule has 0 aliphatic heterocycles. The second kappa shape index (κ2) is 8.26. The van der Waals surface area contributed by atoms with Crippen molar-refractivity contribution < 1.29 is 14.0 Å². The molecule has 0 saturated carbocycles. The summed E-state index contributed by atoms with van der Waals surface area (Å²) in [5.41, 5.74) is 7.24. The van der Waals surface area contributed by atoms with Gasteiger partial charge in [-0.1, -0.05) is 35.5 Å². The summed E-state index contributed by atoms with van der Waals surface area (Å²) in [5, 5.41) is 6.52. The molecule has 0 atom stereocenters. The van der Waals surface area contributed by atoms with Gasteiger partial charge in [-0.3, -0.25) is 4.79 Å². The lowest BCUT2D eigenvalue weighted by atomic mass is 10.2. The molecule has 0 spiro atoms. The van der Waals surface area contributed by atoms with Crippen LogP contribution in [-0.4, -0.2) is 12.1 Å². The maximum Gasteiger partial charge on any atom is 0.265 e. The number of oxime groups is 1. The third kappa shape index (κ3) is 4.46. The molecule has 1 heterocycles. The van der Waals surface area contributed by atoms with Crippen LogP contribution in [0.5, 0.6) is 0 Å². The Kier molecular flexibility index (Phi) is 5.60. The van der Waals surface area contributed by atoms with Crippen molar-refractivity contribution in [1.82, 2.24) is 0 Å². The average molecular weight is 369 g/mol. The Balaban J connectivity index is 1.55. The fraction of sp³-hybridized carbons (Fsp3) is 0.0526. The van der Waals surface area contributed by atoms with E-state index < -0.39 is 0 Å². The van der Waals surface area contributed by atoms with Crippen LogP contribution in [0.4, 0.5) is 15.8 Å². The number of carbonyl (C=O) groups is 1. The molecule has 0 fully saturated rings. The van der Waals surface area contributed by atoms with Gasteiger partial charge >= 0.3 is 0 Å². The SMILES string of the molecule is Nc1ccccc1NC(=O)c1ccc(CON=Cc2ccccc2F)s1. The van der Waals surface area contributed by atoms with Crippen molar-refractivity contribution in [2.24, 2.45) is 5.16 Å². The molecule has 1 aromatic heterocycles. The van der Waals surface area contributed by atoms with Gasteiger partial charge in [-0.15, -0.1) is 11.3 Å². The molecule has 1 amide bonds. The zero-order valence-electron chi connectivity index (χ0n) is 13.7. The predicted molar refractivity (Wildman–Crippen MR) is 102 cm³/mol. The minimum absolute atomic E-state index is 0.191. The summed E-state index contributed by atoms with van der Waals surface area (Å²) >= 11 is 1.29. The number of hydrogen-bond donors (Lipinski definition) is 2. The molecule has 3 N–H and O–H groups in total. The largest absolute Gasteiger partial charge is 0.397 e. The van der Waals surface area contributed by atoms with Crippen molar-refractivity contribution >= 4 is 34.8 Å². The lowest BCUT2D eigenvalue weighted by Gasteiger charge is -2.06. The highest BCUT2D eigenvalue weighted by Crippen LogP contribution is 2.22. The van der Waals surface area contributed by atoms with Crippen LogP contribution in [0.25, 0.3) is 0 Å². The highest BCUT2D eigenvalue weighted by Gasteiger charge is 2.11. The van der Waals surface area contributed by atoms with Crippen molar-refractivity contribution in [3.63, 3.8) is 0 Å². The van der Waals surface area contributed by atoms with E-state index in [1.807, 2.05) is 0 Å². The van der Waals surface area contributed by atoms with Gasteiger partial charge in [-0.05, 0) is 30.3 Å². The smallest absolute Gasteiger partial charge is 0.265 e. The molecule has 7 heteroatoms. The normalized spacial score (nSPS) is 10.8. The summed E-state index contributed by atoms with van der Waals surface area (Å²) in [5.74, 6) is -0.607. The number of carbonyl (C=O) groups excluding carboxylic acids is 1. The van der Waals surface area contributed by atoms with E-state index in [1.165, 1.54) is 23.6 Å². The molecule has 26 heavy (non-hydrogen) atoms. The number of halogens is 1. The number of para-hydroxylation sites is 2. The van der Waals surface area contributed by atoms with Gasteiger partial charge in [0.15, 0.2) is 6.61 Å². The van der Waals surface area contributed by atoms with Crippen molar-refractivity contribution in [2.45, 2.75) is 6.61 Å². The van der Waals surface area contributed by atoms with E-state index in [4.69, 9.17) is 10.6 Å². The quantitative estimate of drug-likeness (QED) is 0.387. The first kappa shape index (κ1) is 17.6. The summed E-state index contributed by atoms with van der Waals surface area (Å²) in [7, 11) is 0. The molecule has 0 saturated heterocycles. The Hall–Kier alpha value is -3.19. The van der Waals surface area contributed by atoms with Crippen molar-refractivity contribution in [3.05, 3.63) is 81.8 Å². The number of amides is 1. The summed E-state index contributed by atoms with van der Waals surface area (Å²) in [6.45, 7) is 0.191. The predicted octanol–water partition coefficient (Wildman–Crippen LogP) is 4.27. The Morgan fingerprint density at radius 2 is 1.92 bits per heavy atom. The Labute approximate surface area is 153 Å². The molecule has 3 rings (SSSR count). The number of benzene rings is 2. The van der Waals surface area contributed by atoms with Gasteiger partial charge in [-0.2, -0.15) is 0 Å². The zero-order chi connectivity index (χ0) is 18.4. The van der Waals surface area contributed by atoms with Gasteiger partial charge in [-0.25, -0.2) is 4.39 Å². The van der Waals surface area contributed by atoms with Crippen LogP contribution in [0.15, 0.2) is 65.8 Å². The number of nitrogens with zero attached hydrogens (tertiary/aromatic N) is 1. The van der Waals surface area contributed by atoms with Crippen LogP contribution in [0.2, 0.25) is 0 Å². The van der Waals surface area contributed by atoms with Crippen LogP contribution >= 0.6 is 11.3 Å². The van der Waals surface area contributed by atoms with E-state index in [2.05, 4.69) is 10.5 Å². The van der Waals surface area contributed by atoms with Crippen molar-refractivity contribution in [2.75, 3.05) is 11.1 Å². The van der Waals surface area contributed by atoms with E-state index in [9.17, 15) is 9.18 Å². The van der Waals surface area contributed by atoms with Gasteiger partial charge in [0.1, 0.15) is 5.82 Å². The fourth-order valence-corrected chi connectivity index (χ4v) is 2.96. The third-order valence-corrected chi connectivity index (χ3v) is 4.53. The van der Waals surface area contributed by atoms with Gasteiger partial charge in [0.05, 0.1) is 22.5 Å². The molecular formula is C19H16FN3O2S. The molecule has 3 aromatic rings. The lowest BCUT2D eigenvalue weighted by molar-refractivity contribution is 0.103. The summed E-state index contributed by atoms with van der Waals surface area (Å²) in [6, 6.07) is 16.8. The maximum absolute atomic E-state index is 13.4. The summed E-state index contributed by atoms with van der Waals surface area (Å²) in [4.78, 5) is 18.8. The zero-order valence-corrected chi connectivity index (χ0v) is 14.5. The van der Waals surface area contributed by atoms with E-state index in [0.29, 0.717) is 21.8 Å². The van der Waals surface area contributed by atoms with Crippen LogP contribution in [0.3, 0.4) is 0 Å². The number of nitrogens with two attached hydrogens (primary N) is 1. The first-order valence-electron chi connectivity index (χ1n) is 7.78. The molecule has 0 aliphatic carbocycles. The van der Waals surface area contributed by atoms with E-state index in [-0.39, 0.29) is 18.3 Å². The number of nitrogen functional groups attached to an aromatic ring is 1. The second-order valence-corrected chi connectivity index (χ2v) is 6.51. The highest BCUT2D eigenvalue weighted by atomic mass is 32.1. The summed E-state index contributed by atoms with van der Waals surface area (Å²) < 4.78 is 13.4.